The second-order valence-electron chi connectivity index (χ2n) is 3.60. The number of rotatable bonds is 2. The SMILES string of the molecule is Cc1nnc(C)n1/N=C/c1ccc(O)c(O)c1. The molecule has 0 aliphatic carbocycles. The van der Waals surface area contributed by atoms with Crippen molar-refractivity contribution in [2.24, 2.45) is 5.10 Å². The summed E-state index contributed by atoms with van der Waals surface area (Å²) in [5.74, 6) is 1.04. The number of phenols is 2. The Hall–Kier alpha value is -2.37. The molecule has 0 spiro atoms. The van der Waals surface area contributed by atoms with Crippen LogP contribution in [0.1, 0.15) is 17.2 Å². The minimum absolute atomic E-state index is 0.154. The summed E-state index contributed by atoms with van der Waals surface area (Å²) in [5.41, 5.74) is 0.674. The van der Waals surface area contributed by atoms with Crippen LogP contribution in [-0.2, 0) is 0 Å². The highest BCUT2D eigenvalue weighted by atomic mass is 16.3. The number of nitrogens with zero attached hydrogens (tertiary/aromatic N) is 4. The lowest BCUT2D eigenvalue weighted by Crippen LogP contribution is -1.96. The van der Waals surface area contributed by atoms with Crippen molar-refractivity contribution < 1.29 is 10.2 Å². The third-order valence-electron chi connectivity index (χ3n) is 2.27. The molecule has 2 rings (SSSR count). The zero-order valence-electron chi connectivity index (χ0n) is 9.49. The zero-order chi connectivity index (χ0) is 12.4. The maximum atomic E-state index is 9.32. The summed E-state index contributed by atoms with van der Waals surface area (Å²) < 4.78 is 1.59. The lowest BCUT2D eigenvalue weighted by molar-refractivity contribution is 0.403. The number of aromatic hydroxyl groups is 2. The normalized spacial score (nSPS) is 11.2. The van der Waals surface area contributed by atoms with Crippen LogP contribution in [0.5, 0.6) is 11.5 Å². The van der Waals surface area contributed by atoms with Crippen molar-refractivity contribution in [3.63, 3.8) is 0 Å². The fourth-order valence-electron chi connectivity index (χ4n) is 1.38. The van der Waals surface area contributed by atoms with Crippen molar-refractivity contribution >= 4 is 6.21 Å². The summed E-state index contributed by atoms with van der Waals surface area (Å²) >= 11 is 0. The molecule has 2 aromatic rings. The molecule has 0 fully saturated rings. The molecule has 0 bridgehead atoms. The van der Waals surface area contributed by atoms with Crippen molar-refractivity contribution in [2.45, 2.75) is 13.8 Å². The molecule has 1 aromatic heterocycles. The maximum absolute atomic E-state index is 9.32. The summed E-state index contributed by atoms with van der Waals surface area (Å²) in [7, 11) is 0. The van der Waals surface area contributed by atoms with E-state index >= 15 is 0 Å². The number of hydrogen-bond acceptors (Lipinski definition) is 5. The van der Waals surface area contributed by atoms with Gasteiger partial charge in [-0.15, -0.1) is 10.2 Å². The van der Waals surface area contributed by atoms with Crippen molar-refractivity contribution in [1.82, 2.24) is 14.9 Å². The van der Waals surface area contributed by atoms with E-state index in [1.165, 1.54) is 12.1 Å². The average molecular weight is 232 g/mol. The summed E-state index contributed by atoms with van der Waals surface area (Å²) in [5, 5.41) is 30.4. The molecule has 0 atom stereocenters. The molecule has 6 nitrogen and oxygen atoms in total. The highest BCUT2D eigenvalue weighted by molar-refractivity contribution is 5.80. The fraction of sp³-hybridized carbons (Fsp3) is 0.182. The van der Waals surface area contributed by atoms with Crippen molar-refractivity contribution in [3.8, 4) is 11.5 Å². The molecular weight excluding hydrogens is 220 g/mol. The Labute approximate surface area is 97.9 Å². The van der Waals surface area contributed by atoms with Gasteiger partial charge in [-0.05, 0) is 37.6 Å². The van der Waals surface area contributed by atoms with Gasteiger partial charge in [-0.25, -0.2) is 4.68 Å². The summed E-state index contributed by atoms with van der Waals surface area (Å²) in [4.78, 5) is 0. The quantitative estimate of drug-likeness (QED) is 0.601. The first-order valence-electron chi connectivity index (χ1n) is 5.03. The summed E-state index contributed by atoms with van der Waals surface area (Å²) in [6, 6.07) is 4.48. The first-order valence-corrected chi connectivity index (χ1v) is 5.03. The van der Waals surface area contributed by atoms with E-state index in [4.69, 9.17) is 5.11 Å². The number of hydrogen-bond donors (Lipinski definition) is 2. The van der Waals surface area contributed by atoms with E-state index in [-0.39, 0.29) is 11.5 Å². The van der Waals surface area contributed by atoms with Crippen LogP contribution in [0.4, 0.5) is 0 Å². The highest BCUT2D eigenvalue weighted by Gasteiger charge is 2.02. The van der Waals surface area contributed by atoms with Crippen LogP contribution in [0.3, 0.4) is 0 Å². The van der Waals surface area contributed by atoms with E-state index in [9.17, 15) is 5.11 Å². The van der Waals surface area contributed by atoms with Gasteiger partial charge in [0.1, 0.15) is 0 Å². The van der Waals surface area contributed by atoms with Gasteiger partial charge in [0.05, 0.1) is 6.21 Å². The van der Waals surface area contributed by atoms with Gasteiger partial charge in [0, 0.05) is 0 Å². The van der Waals surface area contributed by atoms with Gasteiger partial charge in [-0.2, -0.15) is 5.10 Å². The van der Waals surface area contributed by atoms with Crippen LogP contribution in [0, 0.1) is 13.8 Å². The molecule has 88 valence electrons. The number of aromatic nitrogens is 3. The maximum Gasteiger partial charge on any atom is 0.158 e. The minimum Gasteiger partial charge on any atom is -0.504 e. The van der Waals surface area contributed by atoms with Crippen LogP contribution < -0.4 is 0 Å². The van der Waals surface area contributed by atoms with E-state index in [1.54, 1.807) is 30.8 Å². The number of aryl methyl sites for hydroxylation is 2. The smallest absolute Gasteiger partial charge is 0.158 e. The summed E-state index contributed by atoms with van der Waals surface area (Å²) in [6.07, 6.45) is 1.56. The van der Waals surface area contributed by atoms with E-state index in [1.807, 2.05) is 0 Å². The van der Waals surface area contributed by atoms with E-state index in [0.29, 0.717) is 17.2 Å². The first-order chi connectivity index (χ1) is 8.08. The fourth-order valence-corrected chi connectivity index (χ4v) is 1.38. The molecule has 0 aliphatic heterocycles. The molecule has 0 amide bonds. The van der Waals surface area contributed by atoms with Gasteiger partial charge < -0.3 is 10.2 Å². The molecule has 1 heterocycles. The summed E-state index contributed by atoms with van der Waals surface area (Å²) in [6.45, 7) is 3.59. The Balaban J connectivity index is 2.29. The molecule has 0 radical (unpaired) electrons. The van der Waals surface area contributed by atoms with Crippen LogP contribution in [0.25, 0.3) is 0 Å². The molecule has 2 N–H and O–H groups in total. The van der Waals surface area contributed by atoms with Gasteiger partial charge in [-0.1, -0.05) is 0 Å². The van der Waals surface area contributed by atoms with Gasteiger partial charge in [0.25, 0.3) is 0 Å². The average Bonchev–Trinajstić information content (AvgIpc) is 2.61. The standard InChI is InChI=1S/C11H12N4O2/c1-7-13-14-8(2)15(7)12-6-9-3-4-10(16)11(17)5-9/h3-6,16-17H,1-2H3/b12-6+. The van der Waals surface area contributed by atoms with E-state index < -0.39 is 0 Å². The second-order valence-corrected chi connectivity index (χ2v) is 3.60. The lowest BCUT2D eigenvalue weighted by Gasteiger charge is -1.99. The largest absolute Gasteiger partial charge is 0.504 e. The van der Waals surface area contributed by atoms with Gasteiger partial charge >= 0.3 is 0 Å². The van der Waals surface area contributed by atoms with Crippen LogP contribution in [-0.4, -0.2) is 31.3 Å². The van der Waals surface area contributed by atoms with Crippen molar-refractivity contribution in [2.75, 3.05) is 0 Å². The Bertz CT molecular complexity index is 555. The molecule has 0 aliphatic rings. The first kappa shape index (κ1) is 11.1. The Morgan fingerprint density at radius 2 is 1.76 bits per heavy atom. The highest BCUT2D eigenvalue weighted by Crippen LogP contribution is 2.24. The van der Waals surface area contributed by atoms with E-state index in [0.717, 1.165) is 0 Å². The molecular formula is C11H12N4O2. The monoisotopic (exact) mass is 232 g/mol. The van der Waals surface area contributed by atoms with Crippen molar-refractivity contribution in [3.05, 3.63) is 35.4 Å². The Morgan fingerprint density at radius 3 is 2.35 bits per heavy atom. The predicted octanol–water partition coefficient (Wildman–Crippen LogP) is 1.19. The Kier molecular flexibility index (Phi) is 2.78. The number of benzene rings is 1. The molecule has 0 saturated heterocycles. The van der Waals surface area contributed by atoms with Crippen LogP contribution in [0.15, 0.2) is 23.3 Å². The van der Waals surface area contributed by atoms with Crippen LogP contribution >= 0.6 is 0 Å². The van der Waals surface area contributed by atoms with Crippen molar-refractivity contribution in [1.29, 1.82) is 0 Å². The zero-order valence-corrected chi connectivity index (χ0v) is 9.49. The number of phenolic OH excluding ortho intramolecular Hbond substituents is 2. The van der Waals surface area contributed by atoms with E-state index in [2.05, 4.69) is 15.3 Å². The van der Waals surface area contributed by atoms with Gasteiger partial charge in [-0.3, -0.25) is 0 Å². The van der Waals surface area contributed by atoms with Gasteiger partial charge in [0.2, 0.25) is 0 Å². The molecule has 6 heteroatoms. The predicted molar refractivity (Wildman–Crippen MR) is 62.3 cm³/mol. The third kappa shape index (κ3) is 2.25. The molecule has 0 unspecified atom stereocenters. The van der Waals surface area contributed by atoms with Crippen LogP contribution in [0.2, 0.25) is 0 Å². The molecule has 17 heavy (non-hydrogen) atoms. The topological polar surface area (TPSA) is 83.5 Å². The van der Waals surface area contributed by atoms with Gasteiger partial charge in [0.15, 0.2) is 23.1 Å². The molecule has 0 saturated carbocycles. The minimum atomic E-state index is -0.175. The molecule has 1 aromatic carbocycles. The second kappa shape index (κ2) is 4.25. The lowest BCUT2D eigenvalue weighted by atomic mass is 10.2. The third-order valence-corrected chi connectivity index (χ3v) is 2.27. The Morgan fingerprint density at radius 1 is 1.12 bits per heavy atom.